The van der Waals surface area contributed by atoms with Gasteiger partial charge in [0.1, 0.15) is 5.82 Å². The van der Waals surface area contributed by atoms with Crippen molar-refractivity contribution in [1.82, 2.24) is 0 Å². The molecule has 0 amide bonds. The normalized spacial score (nSPS) is 11.1. The topological polar surface area (TPSA) is 23.8 Å². The molecule has 0 aliphatic rings. The Labute approximate surface area is 77.6 Å². The molecule has 0 aliphatic heterocycles. The molecule has 0 unspecified atom stereocenters. The van der Waals surface area contributed by atoms with Gasteiger partial charge in [0.2, 0.25) is 0 Å². The standard InChI is InChI=1S/C9H5F4N/c10-7-3-1-2-6(4-5-14)8(7)9(11,12)13/h1-3H,4H2. The molecular weight excluding hydrogens is 198 g/mol. The van der Waals surface area contributed by atoms with E-state index in [1.54, 1.807) is 6.07 Å². The highest BCUT2D eigenvalue weighted by atomic mass is 19.4. The van der Waals surface area contributed by atoms with Crippen LogP contribution in [0.25, 0.3) is 0 Å². The van der Waals surface area contributed by atoms with Crippen LogP contribution in [-0.4, -0.2) is 0 Å². The van der Waals surface area contributed by atoms with Crippen LogP contribution in [0.3, 0.4) is 0 Å². The molecule has 0 N–H and O–H groups in total. The van der Waals surface area contributed by atoms with Crippen LogP contribution in [0.15, 0.2) is 18.2 Å². The van der Waals surface area contributed by atoms with Crippen LogP contribution < -0.4 is 0 Å². The van der Waals surface area contributed by atoms with Crippen LogP contribution in [0.1, 0.15) is 11.1 Å². The van der Waals surface area contributed by atoms with Crippen molar-refractivity contribution in [2.75, 3.05) is 0 Å². The number of halogens is 4. The van der Waals surface area contributed by atoms with E-state index in [0.29, 0.717) is 0 Å². The van der Waals surface area contributed by atoms with E-state index in [1.807, 2.05) is 0 Å². The monoisotopic (exact) mass is 203 g/mol. The number of rotatable bonds is 1. The molecule has 0 bridgehead atoms. The zero-order valence-corrected chi connectivity index (χ0v) is 6.90. The van der Waals surface area contributed by atoms with Crippen molar-refractivity contribution in [3.05, 3.63) is 35.1 Å². The Morgan fingerprint density at radius 1 is 1.29 bits per heavy atom. The lowest BCUT2D eigenvalue weighted by Gasteiger charge is -2.11. The fourth-order valence-electron chi connectivity index (χ4n) is 1.12. The van der Waals surface area contributed by atoms with Crippen LogP contribution >= 0.6 is 0 Å². The highest BCUT2D eigenvalue weighted by molar-refractivity contribution is 5.33. The van der Waals surface area contributed by atoms with Crippen LogP contribution in [0.2, 0.25) is 0 Å². The third-order valence-corrected chi connectivity index (χ3v) is 1.65. The zero-order valence-electron chi connectivity index (χ0n) is 6.90. The van der Waals surface area contributed by atoms with E-state index in [9.17, 15) is 17.6 Å². The largest absolute Gasteiger partial charge is 0.419 e. The third kappa shape index (κ3) is 2.02. The van der Waals surface area contributed by atoms with Gasteiger partial charge in [0, 0.05) is 0 Å². The van der Waals surface area contributed by atoms with Crippen molar-refractivity contribution in [2.45, 2.75) is 12.6 Å². The summed E-state index contributed by atoms with van der Waals surface area (Å²) in [6.07, 6.45) is -5.20. The van der Waals surface area contributed by atoms with E-state index < -0.39 is 24.0 Å². The smallest absolute Gasteiger partial charge is 0.206 e. The summed E-state index contributed by atoms with van der Waals surface area (Å²) < 4.78 is 49.7. The van der Waals surface area contributed by atoms with E-state index in [2.05, 4.69) is 0 Å². The summed E-state index contributed by atoms with van der Waals surface area (Å²) >= 11 is 0. The van der Waals surface area contributed by atoms with Crippen LogP contribution in [-0.2, 0) is 12.6 Å². The Balaban J connectivity index is 3.31. The minimum atomic E-state index is -4.75. The summed E-state index contributed by atoms with van der Waals surface area (Å²) in [5, 5.41) is 8.26. The number of hydrogen-bond acceptors (Lipinski definition) is 1. The third-order valence-electron chi connectivity index (χ3n) is 1.65. The van der Waals surface area contributed by atoms with Crippen molar-refractivity contribution in [3.63, 3.8) is 0 Å². The molecule has 0 spiro atoms. The average Bonchev–Trinajstić information content (AvgIpc) is 2.02. The quantitative estimate of drug-likeness (QED) is 0.644. The first-order valence-corrected chi connectivity index (χ1v) is 3.68. The predicted molar refractivity (Wildman–Crippen MR) is 40.7 cm³/mol. The molecule has 0 aromatic heterocycles. The minimum absolute atomic E-state index is 0.333. The van der Waals surface area contributed by atoms with E-state index in [1.165, 1.54) is 0 Å². The Kier molecular flexibility index (Phi) is 2.75. The van der Waals surface area contributed by atoms with Gasteiger partial charge in [-0.05, 0) is 11.6 Å². The molecule has 0 fully saturated rings. The first kappa shape index (κ1) is 10.5. The molecule has 0 saturated carbocycles. The second kappa shape index (κ2) is 3.66. The Morgan fingerprint density at radius 2 is 1.93 bits per heavy atom. The first-order valence-electron chi connectivity index (χ1n) is 3.68. The number of benzene rings is 1. The zero-order chi connectivity index (χ0) is 10.8. The summed E-state index contributed by atoms with van der Waals surface area (Å²) in [7, 11) is 0. The van der Waals surface area contributed by atoms with Crippen molar-refractivity contribution >= 4 is 0 Å². The van der Waals surface area contributed by atoms with Crippen molar-refractivity contribution < 1.29 is 17.6 Å². The first-order chi connectivity index (χ1) is 6.46. The summed E-state index contributed by atoms with van der Waals surface area (Å²) in [5.41, 5.74) is -1.68. The van der Waals surface area contributed by atoms with Gasteiger partial charge in [-0.2, -0.15) is 18.4 Å². The van der Waals surface area contributed by atoms with Gasteiger partial charge in [-0.25, -0.2) is 4.39 Å². The van der Waals surface area contributed by atoms with Crippen LogP contribution in [0, 0.1) is 17.1 Å². The highest BCUT2D eigenvalue weighted by Crippen LogP contribution is 2.34. The molecule has 14 heavy (non-hydrogen) atoms. The molecule has 0 atom stereocenters. The van der Waals surface area contributed by atoms with E-state index in [0.717, 1.165) is 18.2 Å². The van der Waals surface area contributed by atoms with E-state index in [-0.39, 0.29) is 5.56 Å². The van der Waals surface area contributed by atoms with Crippen molar-refractivity contribution in [1.29, 1.82) is 5.26 Å². The number of nitrogens with zero attached hydrogens (tertiary/aromatic N) is 1. The van der Waals surface area contributed by atoms with Crippen molar-refractivity contribution in [2.24, 2.45) is 0 Å². The molecule has 1 aromatic carbocycles. The fourth-order valence-corrected chi connectivity index (χ4v) is 1.12. The van der Waals surface area contributed by atoms with Gasteiger partial charge >= 0.3 is 6.18 Å². The Morgan fingerprint density at radius 3 is 2.43 bits per heavy atom. The van der Waals surface area contributed by atoms with E-state index in [4.69, 9.17) is 5.26 Å². The van der Waals surface area contributed by atoms with Gasteiger partial charge in [0.05, 0.1) is 18.1 Å². The maximum absolute atomic E-state index is 12.8. The second-order valence-electron chi connectivity index (χ2n) is 2.61. The summed E-state index contributed by atoms with van der Waals surface area (Å²) in [5.74, 6) is -1.34. The minimum Gasteiger partial charge on any atom is -0.206 e. The fraction of sp³-hybridized carbons (Fsp3) is 0.222. The number of alkyl halides is 3. The predicted octanol–water partition coefficient (Wildman–Crippen LogP) is 2.91. The second-order valence-corrected chi connectivity index (χ2v) is 2.61. The molecule has 1 nitrogen and oxygen atoms in total. The van der Waals surface area contributed by atoms with Gasteiger partial charge in [0.15, 0.2) is 0 Å². The van der Waals surface area contributed by atoms with Gasteiger partial charge in [0.25, 0.3) is 0 Å². The average molecular weight is 203 g/mol. The van der Waals surface area contributed by atoms with Gasteiger partial charge in [-0.15, -0.1) is 0 Å². The van der Waals surface area contributed by atoms with Gasteiger partial charge < -0.3 is 0 Å². The molecule has 0 aliphatic carbocycles. The lowest BCUT2D eigenvalue weighted by atomic mass is 10.0. The lowest BCUT2D eigenvalue weighted by molar-refractivity contribution is -0.140. The van der Waals surface area contributed by atoms with Gasteiger partial charge in [-0.3, -0.25) is 0 Å². The molecule has 1 rings (SSSR count). The molecule has 0 heterocycles. The van der Waals surface area contributed by atoms with E-state index >= 15 is 0 Å². The molecule has 0 saturated heterocycles. The van der Waals surface area contributed by atoms with Crippen LogP contribution in [0.4, 0.5) is 17.6 Å². The summed E-state index contributed by atoms with van der Waals surface area (Å²) in [4.78, 5) is 0. The van der Waals surface area contributed by atoms with Gasteiger partial charge in [-0.1, -0.05) is 12.1 Å². The number of nitriles is 1. The molecular formula is C9H5F4N. The maximum atomic E-state index is 12.8. The molecule has 0 radical (unpaired) electrons. The Hall–Kier alpha value is -1.57. The highest BCUT2D eigenvalue weighted by Gasteiger charge is 2.36. The molecule has 74 valence electrons. The van der Waals surface area contributed by atoms with Crippen LogP contribution in [0.5, 0.6) is 0 Å². The van der Waals surface area contributed by atoms with Crippen molar-refractivity contribution in [3.8, 4) is 6.07 Å². The summed E-state index contributed by atoms with van der Waals surface area (Å²) in [6, 6.07) is 4.53. The number of hydrogen-bond donors (Lipinski definition) is 0. The Bertz CT molecular complexity index is 375. The molecule has 1 aromatic rings. The summed E-state index contributed by atoms with van der Waals surface area (Å²) in [6.45, 7) is 0. The lowest BCUT2D eigenvalue weighted by Crippen LogP contribution is -2.11. The molecule has 5 heteroatoms. The SMILES string of the molecule is N#CCc1cccc(F)c1C(F)(F)F. The maximum Gasteiger partial charge on any atom is 0.419 e.